The van der Waals surface area contributed by atoms with Crippen molar-refractivity contribution in [1.82, 2.24) is 5.32 Å². The van der Waals surface area contributed by atoms with Crippen LogP contribution in [0.5, 0.6) is 0 Å². The standard InChI is InChI=1S/C5H8NO2/c7-5(8)4-2-1-3-6-4/h1,4,6H,2-3H2,(H,7,8)/t4-/m1/s1. The maximum absolute atomic E-state index is 10.1. The Labute approximate surface area is 47.7 Å². The minimum atomic E-state index is -0.751. The zero-order valence-corrected chi connectivity index (χ0v) is 4.42. The fourth-order valence-corrected chi connectivity index (χ4v) is 0.747. The predicted octanol–water partition coefficient (Wildman–Crippen LogP) is -0.363. The number of rotatable bonds is 1. The molecule has 1 fully saturated rings. The molecule has 1 aliphatic rings. The quantitative estimate of drug-likeness (QED) is 0.489. The van der Waals surface area contributed by atoms with Crippen LogP contribution < -0.4 is 5.32 Å². The van der Waals surface area contributed by atoms with Gasteiger partial charge < -0.3 is 10.4 Å². The second kappa shape index (κ2) is 2.13. The van der Waals surface area contributed by atoms with E-state index in [4.69, 9.17) is 5.11 Å². The Bertz CT molecular complexity index is 96.6. The van der Waals surface area contributed by atoms with Crippen LogP contribution in [0.15, 0.2) is 0 Å². The third-order valence-corrected chi connectivity index (χ3v) is 1.21. The second-order valence-corrected chi connectivity index (χ2v) is 1.82. The summed E-state index contributed by atoms with van der Waals surface area (Å²) < 4.78 is 0. The van der Waals surface area contributed by atoms with E-state index in [-0.39, 0.29) is 6.04 Å². The van der Waals surface area contributed by atoms with Crippen LogP contribution in [0, 0.1) is 6.42 Å². The van der Waals surface area contributed by atoms with Crippen molar-refractivity contribution in [2.75, 3.05) is 6.54 Å². The molecule has 0 amide bonds. The van der Waals surface area contributed by atoms with Crippen LogP contribution in [0.25, 0.3) is 0 Å². The molecule has 1 aliphatic heterocycles. The summed E-state index contributed by atoms with van der Waals surface area (Å²) in [6.45, 7) is 0.733. The normalized spacial score (nSPS) is 28.2. The Morgan fingerprint density at radius 2 is 2.62 bits per heavy atom. The van der Waals surface area contributed by atoms with Crippen LogP contribution in [-0.2, 0) is 4.79 Å². The first-order chi connectivity index (χ1) is 3.80. The molecule has 3 nitrogen and oxygen atoms in total. The van der Waals surface area contributed by atoms with E-state index >= 15 is 0 Å². The summed E-state index contributed by atoms with van der Waals surface area (Å²) in [5.41, 5.74) is 0. The molecule has 0 aliphatic carbocycles. The molecule has 1 rings (SSSR count). The smallest absolute Gasteiger partial charge is 0.320 e. The monoisotopic (exact) mass is 114 g/mol. The Hall–Kier alpha value is -0.570. The van der Waals surface area contributed by atoms with Crippen molar-refractivity contribution < 1.29 is 9.90 Å². The van der Waals surface area contributed by atoms with Crippen LogP contribution in [-0.4, -0.2) is 23.7 Å². The van der Waals surface area contributed by atoms with Crippen molar-refractivity contribution in [2.45, 2.75) is 12.5 Å². The lowest BCUT2D eigenvalue weighted by atomic mass is 10.2. The summed E-state index contributed by atoms with van der Waals surface area (Å²) in [6.07, 6.45) is 2.59. The van der Waals surface area contributed by atoms with Gasteiger partial charge in [0.1, 0.15) is 6.04 Å². The molecule has 8 heavy (non-hydrogen) atoms. The summed E-state index contributed by atoms with van der Waals surface area (Å²) in [6, 6.07) is -0.324. The molecule has 1 heterocycles. The second-order valence-electron chi connectivity index (χ2n) is 1.82. The summed E-state index contributed by atoms with van der Waals surface area (Å²) in [5, 5.41) is 11.1. The van der Waals surface area contributed by atoms with E-state index in [1.165, 1.54) is 0 Å². The van der Waals surface area contributed by atoms with E-state index < -0.39 is 5.97 Å². The van der Waals surface area contributed by atoms with Crippen LogP contribution in [0.1, 0.15) is 6.42 Å². The average Bonchev–Trinajstić information content (AvgIpc) is 2.12. The molecule has 1 saturated heterocycles. The highest BCUT2D eigenvalue weighted by Gasteiger charge is 2.20. The molecule has 0 spiro atoms. The van der Waals surface area contributed by atoms with Crippen LogP contribution >= 0.6 is 0 Å². The van der Waals surface area contributed by atoms with Crippen LogP contribution in [0.2, 0.25) is 0 Å². The average molecular weight is 114 g/mol. The van der Waals surface area contributed by atoms with Crippen molar-refractivity contribution >= 4 is 5.97 Å². The molecule has 0 aromatic carbocycles. The van der Waals surface area contributed by atoms with Gasteiger partial charge in [0.25, 0.3) is 0 Å². The summed E-state index contributed by atoms with van der Waals surface area (Å²) in [5.74, 6) is -0.751. The van der Waals surface area contributed by atoms with Gasteiger partial charge >= 0.3 is 5.97 Å². The van der Waals surface area contributed by atoms with Crippen LogP contribution in [0.4, 0.5) is 0 Å². The number of hydrogen-bond acceptors (Lipinski definition) is 2. The van der Waals surface area contributed by atoms with Crippen molar-refractivity contribution in [3.8, 4) is 0 Å². The minimum Gasteiger partial charge on any atom is -0.480 e. The van der Waals surface area contributed by atoms with Crippen molar-refractivity contribution in [1.29, 1.82) is 0 Å². The molecule has 1 atom stereocenters. The SMILES string of the molecule is O=C(O)[C@H]1C[CH]CN1. The number of carboxylic acid groups (broad SMARTS) is 1. The molecule has 2 N–H and O–H groups in total. The van der Waals surface area contributed by atoms with E-state index in [1.807, 2.05) is 6.42 Å². The highest BCUT2D eigenvalue weighted by atomic mass is 16.4. The third-order valence-electron chi connectivity index (χ3n) is 1.21. The topological polar surface area (TPSA) is 49.3 Å². The van der Waals surface area contributed by atoms with Gasteiger partial charge in [0.15, 0.2) is 0 Å². The molecule has 45 valence electrons. The first kappa shape index (κ1) is 5.56. The lowest BCUT2D eigenvalue weighted by Crippen LogP contribution is -2.29. The lowest BCUT2D eigenvalue weighted by Gasteiger charge is -1.99. The van der Waals surface area contributed by atoms with Gasteiger partial charge in [-0.15, -0.1) is 0 Å². The fourth-order valence-electron chi connectivity index (χ4n) is 0.747. The Morgan fingerprint density at radius 1 is 1.88 bits per heavy atom. The molecular weight excluding hydrogens is 106 g/mol. The highest BCUT2D eigenvalue weighted by Crippen LogP contribution is 2.02. The van der Waals surface area contributed by atoms with Gasteiger partial charge in [0.05, 0.1) is 0 Å². The number of nitrogens with one attached hydrogen (secondary N) is 1. The van der Waals surface area contributed by atoms with Gasteiger partial charge in [-0.25, -0.2) is 0 Å². The highest BCUT2D eigenvalue weighted by molar-refractivity contribution is 5.74. The molecule has 0 unspecified atom stereocenters. The van der Waals surface area contributed by atoms with Gasteiger partial charge in [-0.3, -0.25) is 4.79 Å². The third kappa shape index (κ3) is 0.980. The number of aliphatic carboxylic acids is 1. The Balaban J connectivity index is 2.35. The van der Waals surface area contributed by atoms with E-state index in [1.54, 1.807) is 0 Å². The number of hydrogen-bond donors (Lipinski definition) is 2. The number of carbonyl (C=O) groups is 1. The first-order valence-electron chi connectivity index (χ1n) is 2.58. The largest absolute Gasteiger partial charge is 0.480 e. The first-order valence-corrected chi connectivity index (χ1v) is 2.58. The molecule has 1 radical (unpaired) electrons. The molecule has 0 aromatic rings. The van der Waals surface area contributed by atoms with Gasteiger partial charge in [-0.2, -0.15) is 0 Å². The van der Waals surface area contributed by atoms with Crippen molar-refractivity contribution in [2.24, 2.45) is 0 Å². The van der Waals surface area contributed by atoms with Crippen molar-refractivity contribution in [3.63, 3.8) is 0 Å². The lowest BCUT2D eigenvalue weighted by molar-refractivity contribution is -0.138. The van der Waals surface area contributed by atoms with Gasteiger partial charge in [-0.1, -0.05) is 0 Å². The molecule has 3 heteroatoms. The Morgan fingerprint density at radius 3 is 2.88 bits per heavy atom. The van der Waals surface area contributed by atoms with Gasteiger partial charge in [-0.05, 0) is 19.4 Å². The van der Waals surface area contributed by atoms with E-state index in [2.05, 4.69) is 5.32 Å². The maximum Gasteiger partial charge on any atom is 0.320 e. The van der Waals surface area contributed by atoms with E-state index in [0.717, 1.165) is 6.54 Å². The Kier molecular flexibility index (Phi) is 1.48. The molecule has 0 saturated carbocycles. The molecule has 0 aromatic heterocycles. The summed E-state index contributed by atoms with van der Waals surface area (Å²) in [4.78, 5) is 10.1. The maximum atomic E-state index is 10.1. The summed E-state index contributed by atoms with van der Waals surface area (Å²) >= 11 is 0. The fraction of sp³-hybridized carbons (Fsp3) is 0.600. The molecule has 0 bridgehead atoms. The predicted molar refractivity (Wildman–Crippen MR) is 28.3 cm³/mol. The van der Waals surface area contributed by atoms with Gasteiger partial charge in [0.2, 0.25) is 0 Å². The van der Waals surface area contributed by atoms with E-state index in [0.29, 0.717) is 6.42 Å². The zero-order chi connectivity index (χ0) is 5.98. The summed E-state index contributed by atoms with van der Waals surface area (Å²) in [7, 11) is 0. The molecular formula is C5H8NO2. The number of carboxylic acids is 1. The van der Waals surface area contributed by atoms with Crippen molar-refractivity contribution in [3.05, 3.63) is 6.42 Å². The minimum absolute atomic E-state index is 0.324. The zero-order valence-electron chi connectivity index (χ0n) is 4.42. The van der Waals surface area contributed by atoms with E-state index in [9.17, 15) is 4.79 Å². The van der Waals surface area contributed by atoms with Crippen LogP contribution in [0.3, 0.4) is 0 Å². The van der Waals surface area contributed by atoms with Gasteiger partial charge in [0, 0.05) is 0 Å².